The summed E-state index contributed by atoms with van der Waals surface area (Å²) in [6.07, 6.45) is 8.91. The van der Waals surface area contributed by atoms with Crippen LogP contribution in [0.1, 0.15) is 61.4 Å². The molecule has 3 rings (SSSR count). The van der Waals surface area contributed by atoms with Crippen LogP contribution in [0.2, 0.25) is 0 Å². The van der Waals surface area contributed by atoms with Crippen LogP contribution < -0.4 is 5.73 Å². The Morgan fingerprint density at radius 2 is 2.00 bits per heavy atom. The molecule has 0 aliphatic heterocycles. The fraction of sp³-hybridized carbons (Fsp3) is 0.750. The lowest BCUT2D eigenvalue weighted by atomic mass is 9.80. The van der Waals surface area contributed by atoms with Crippen LogP contribution in [-0.4, -0.2) is 4.98 Å². The van der Waals surface area contributed by atoms with E-state index in [2.05, 4.69) is 4.98 Å². The van der Waals surface area contributed by atoms with E-state index in [-0.39, 0.29) is 5.54 Å². The van der Waals surface area contributed by atoms with Gasteiger partial charge in [0.05, 0.1) is 16.7 Å². The lowest BCUT2D eigenvalue weighted by molar-refractivity contribution is 0.305. The highest BCUT2D eigenvalue weighted by molar-refractivity contribution is 7.09. The fourth-order valence-corrected chi connectivity index (χ4v) is 3.74. The molecule has 0 unspecified atom stereocenters. The van der Waals surface area contributed by atoms with Gasteiger partial charge in [-0.3, -0.25) is 0 Å². The van der Waals surface area contributed by atoms with Crippen molar-refractivity contribution in [2.45, 2.75) is 56.4 Å². The Hall–Kier alpha value is -0.410. The molecule has 0 atom stereocenters. The van der Waals surface area contributed by atoms with Crippen LogP contribution in [0.15, 0.2) is 5.51 Å². The van der Waals surface area contributed by atoms with E-state index in [4.69, 9.17) is 5.73 Å². The van der Waals surface area contributed by atoms with Crippen molar-refractivity contribution >= 4 is 11.3 Å². The molecule has 2 aliphatic carbocycles. The van der Waals surface area contributed by atoms with E-state index < -0.39 is 0 Å². The van der Waals surface area contributed by atoms with Gasteiger partial charge in [-0.05, 0) is 25.7 Å². The third-order valence-corrected chi connectivity index (χ3v) is 4.82. The molecule has 0 aromatic carbocycles. The van der Waals surface area contributed by atoms with E-state index in [1.54, 1.807) is 11.3 Å². The fourth-order valence-electron chi connectivity index (χ4n) is 2.68. The van der Waals surface area contributed by atoms with Crippen LogP contribution in [0.25, 0.3) is 0 Å². The van der Waals surface area contributed by atoms with Crippen LogP contribution in [0.3, 0.4) is 0 Å². The molecule has 1 aromatic heterocycles. The van der Waals surface area contributed by atoms with Gasteiger partial charge in [0.25, 0.3) is 0 Å². The lowest BCUT2D eigenvalue weighted by Gasteiger charge is -2.33. The Bertz CT molecular complexity index is 348. The maximum absolute atomic E-state index is 6.56. The molecule has 15 heavy (non-hydrogen) atoms. The van der Waals surface area contributed by atoms with Crippen LogP contribution in [-0.2, 0) is 5.54 Å². The summed E-state index contributed by atoms with van der Waals surface area (Å²) < 4.78 is 0. The van der Waals surface area contributed by atoms with Crippen molar-refractivity contribution in [3.8, 4) is 0 Å². The van der Waals surface area contributed by atoms with Gasteiger partial charge < -0.3 is 5.73 Å². The molecule has 2 N–H and O–H groups in total. The number of nitrogens with zero attached hydrogens (tertiary/aromatic N) is 1. The molecular formula is C12H18N2S. The first kappa shape index (κ1) is 9.79. The van der Waals surface area contributed by atoms with Crippen molar-refractivity contribution < 1.29 is 0 Å². The standard InChI is InChI=1S/C12H18N2S/c13-12(6-2-1-3-7-12)11-10(9-4-5-9)14-8-15-11/h8-9H,1-7,13H2. The van der Waals surface area contributed by atoms with Gasteiger partial charge in [-0.1, -0.05) is 19.3 Å². The number of rotatable bonds is 2. The number of aromatic nitrogens is 1. The van der Waals surface area contributed by atoms with Crippen molar-refractivity contribution in [3.63, 3.8) is 0 Å². The molecular weight excluding hydrogens is 204 g/mol. The summed E-state index contributed by atoms with van der Waals surface area (Å²) in [6, 6.07) is 0. The Kier molecular flexibility index (Phi) is 2.33. The van der Waals surface area contributed by atoms with Gasteiger partial charge in [0.1, 0.15) is 0 Å². The largest absolute Gasteiger partial charge is 0.321 e. The highest BCUT2D eigenvalue weighted by Crippen LogP contribution is 2.47. The minimum absolute atomic E-state index is 0.0304. The zero-order valence-corrected chi connectivity index (χ0v) is 9.85. The second-order valence-corrected chi connectivity index (χ2v) is 5.91. The molecule has 0 bridgehead atoms. The van der Waals surface area contributed by atoms with Crippen molar-refractivity contribution in [1.82, 2.24) is 4.98 Å². The third-order valence-electron chi connectivity index (χ3n) is 3.76. The summed E-state index contributed by atoms with van der Waals surface area (Å²) in [5.74, 6) is 0.744. The highest BCUT2D eigenvalue weighted by Gasteiger charge is 2.37. The molecule has 1 heterocycles. The van der Waals surface area contributed by atoms with Gasteiger partial charge in [-0.25, -0.2) is 4.98 Å². The SMILES string of the molecule is NC1(c2scnc2C2CC2)CCCCC1. The normalized spacial score (nSPS) is 25.4. The van der Waals surface area contributed by atoms with E-state index in [0.29, 0.717) is 0 Å². The Balaban J connectivity index is 1.92. The highest BCUT2D eigenvalue weighted by atomic mass is 32.1. The summed E-state index contributed by atoms with van der Waals surface area (Å²) in [7, 11) is 0. The van der Waals surface area contributed by atoms with Crippen molar-refractivity contribution in [2.24, 2.45) is 5.73 Å². The first-order valence-electron chi connectivity index (χ1n) is 6.02. The predicted molar refractivity (Wildman–Crippen MR) is 63.0 cm³/mol. The van der Waals surface area contributed by atoms with Crippen molar-refractivity contribution in [3.05, 3.63) is 16.1 Å². The smallest absolute Gasteiger partial charge is 0.0798 e. The van der Waals surface area contributed by atoms with Gasteiger partial charge in [0, 0.05) is 10.8 Å². The van der Waals surface area contributed by atoms with Crippen molar-refractivity contribution in [1.29, 1.82) is 0 Å². The molecule has 2 fully saturated rings. The van der Waals surface area contributed by atoms with E-state index in [1.165, 1.54) is 42.7 Å². The second kappa shape index (κ2) is 3.56. The molecule has 3 heteroatoms. The summed E-state index contributed by atoms with van der Waals surface area (Å²) in [5, 5.41) is 0. The monoisotopic (exact) mass is 222 g/mol. The minimum atomic E-state index is -0.0304. The number of nitrogens with two attached hydrogens (primary N) is 1. The van der Waals surface area contributed by atoms with E-state index in [0.717, 1.165) is 18.8 Å². The molecule has 2 aliphatic rings. The zero-order valence-electron chi connectivity index (χ0n) is 9.04. The maximum atomic E-state index is 6.56. The topological polar surface area (TPSA) is 38.9 Å². The number of thiazole rings is 1. The van der Waals surface area contributed by atoms with Crippen molar-refractivity contribution in [2.75, 3.05) is 0 Å². The summed E-state index contributed by atoms with van der Waals surface area (Å²) >= 11 is 1.79. The van der Waals surface area contributed by atoms with E-state index >= 15 is 0 Å². The minimum Gasteiger partial charge on any atom is -0.321 e. The Labute approximate surface area is 94.9 Å². The molecule has 82 valence electrons. The second-order valence-electron chi connectivity index (χ2n) is 5.06. The van der Waals surface area contributed by atoms with E-state index in [9.17, 15) is 0 Å². The van der Waals surface area contributed by atoms with Gasteiger partial charge >= 0.3 is 0 Å². The molecule has 0 amide bonds. The quantitative estimate of drug-likeness (QED) is 0.835. The summed E-state index contributed by atoms with van der Waals surface area (Å²) in [6.45, 7) is 0. The summed E-state index contributed by atoms with van der Waals surface area (Å²) in [5.41, 5.74) is 9.86. The van der Waals surface area contributed by atoms with Gasteiger partial charge in [0.2, 0.25) is 0 Å². The molecule has 0 spiro atoms. The first-order valence-corrected chi connectivity index (χ1v) is 6.90. The predicted octanol–water partition coefficient (Wildman–Crippen LogP) is 3.14. The van der Waals surface area contributed by atoms with Crippen LogP contribution in [0, 0.1) is 0 Å². The zero-order chi connectivity index (χ0) is 10.3. The number of hydrogen-bond donors (Lipinski definition) is 1. The Morgan fingerprint density at radius 3 is 2.67 bits per heavy atom. The van der Waals surface area contributed by atoms with E-state index in [1.807, 2.05) is 5.51 Å². The molecule has 1 aromatic rings. The van der Waals surface area contributed by atoms with Gasteiger partial charge in [0.15, 0.2) is 0 Å². The van der Waals surface area contributed by atoms with Gasteiger partial charge in [-0.15, -0.1) is 11.3 Å². The van der Waals surface area contributed by atoms with Crippen LogP contribution in [0.5, 0.6) is 0 Å². The maximum Gasteiger partial charge on any atom is 0.0798 e. The van der Waals surface area contributed by atoms with Gasteiger partial charge in [-0.2, -0.15) is 0 Å². The Morgan fingerprint density at radius 1 is 1.27 bits per heavy atom. The number of hydrogen-bond acceptors (Lipinski definition) is 3. The average molecular weight is 222 g/mol. The lowest BCUT2D eigenvalue weighted by Crippen LogP contribution is -2.38. The summed E-state index contributed by atoms with van der Waals surface area (Å²) in [4.78, 5) is 5.94. The molecule has 2 saturated carbocycles. The van der Waals surface area contributed by atoms with Crippen LogP contribution >= 0.6 is 11.3 Å². The van der Waals surface area contributed by atoms with Crippen LogP contribution in [0.4, 0.5) is 0 Å². The molecule has 0 saturated heterocycles. The first-order chi connectivity index (χ1) is 7.30. The molecule has 0 radical (unpaired) electrons. The average Bonchev–Trinajstić information content (AvgIpc) is 2.97. The molecule has 2 nitrogen and oxygen atoms in total. The third kappa shape index (κ3) is 1.72.